The van der Waals surface area contributed by atoms with Gasteiger partial charge in [0.15, 0.2) is 16.7 Å². The van der Waals surface area contributed by atoms with Gasteiger partial charge in [0, 0.05) is 37.9 Å². The Hall–Kier alpha value is -3.04. The number of amidine groups is 1. The lowest BCUT2D eigenvalue weighted by Gasteiger charge is -2.17. The highest BCUT2D eigenvalue weighted by Crippen LogP contribution is 2.34. The zero-order valence-corrected chi connectivity index (χ0v) is 21.7. The molecule has 0 aromatic heterocycles. The summed E-state index contributed by atoms with van der Waals surface area (Å²) in [6.07, 6.45) is 0.724. The molecule has 1 aliphatic heterocycles. The number of thioether (sulfide) groups is 1. The van der Waals surface area contributed by atoms with Gasteiger partial charge >= 0.3 is 0 Å². The fourth-order valence-electron chi connectivity index (χ4n) is 3.64. The van der Waals surface area contributed by atoms with Crippen molar-refractivity contribution in [3.05, 3.63) is 47.5 Å². The quantitative estimate of drug-likeness (QED) is 0.451. The summed E-state index contributed by atoms with van der Waals surface area (Å²) in [5.41, 5.74) is 3.52. The van der Waals surface area contributed by atoms with E-state index in [9.17, 15) is 9.59 Å². The van der Waals surface area contributed by atoms with Gasteiger partial charge in [0.05, 0.1) is 19.9 Å². The highest BCUT2D eigenvalue weighted by atomic mass is 32.2. The normalized spacial score (nSPS) is 16.6. The molecule has 8 nitrogen and oxygen atoms in total. The van der Waals surface area contributed by atoms with Crippen LogP contribution in [0.1, 0.15) is 30.9 Å². The molecule has 3 rings (SSSR count). The Morgan fingerprint density at radius 2 is 1.89 bits per heavy atom. The zero-order valence-electron chi connectivity index (χ0n) is 20.9. The highest BCUT2D eigenvalue weighted by molar-refractivity contribution is 8.15. The molecule has 0 bridgehead atoms. The number of nitrogens with one attached hydrogen (secondary N) is 1. The van der Waals surface area contributed by atoms with Crippen molar-refractivity contribution in [3.8, 4) is 11.5 Å². The van der Waals surface area contributed by atoms with Crippen LogP contribution in [-0.2, 0) is 14.3 Å². The number of ether oxygens (including phenoxy) is 3. The monoisotopic (exact) mass is 499 g/mol. The molecule has 1 aliphatic rings. The Morgan fingerprint density at radius 1 is 1.11 bits per heavy atom. The number of benzene rings is 2. The lowest BCUT2D eigenvalue weighted by Crippen LogP contribution is -2.34. The van der Waals surface area contributed by atoms with Crippen LogP contribution >= 0.6 is 11.8 Å². The number of carbonyl (C=O) groups excluding carboxylic acids is 2. The molecule has 1 N–H and O–H groups in total. The van der Waals surface area contributed by atoms with Gasteiger partial charge in [-0.15, -0.1) is 0 Å². The van der Waals surface area contributed by atoms with Gasteiger partial charge in [-0.25, -0.2) is 4.99 Å². The summed E-state index contributed by atoms with van der Waals surface area (Å²) < 4.78 is 16.0. The Bertz CT molecular complexity index is 1090. The first-order chi connectivity index (χ1) is 16.9. The molecular formula is C26H33N3O5S. The fourth-order valence-corrected chi connectivity index (χ4v) is 4.81. The van der Waals surface area contributed by atoms with E-state index in [2.05, 4.69) is 5.32 Å². The second-order valence-corrected chi connectivity index (χ2v) is 9.32. The lowest BCUT2D eigenvalue weighted by atomic mass is 10.1. The minimum Gasteiger partial charge on any atom is -0.493 e. The van der Waals surface area contributed by atoms with Crippen molar-refractivity contribution in [1.29, 1.82) is 0 Å². The molecule has 2 amide bonds. The van der Waals surface area contributed by atoms with E-state index in [4.69, 9.17) is 19.2 Å². The second kappa shape index (κ2) is 12.6. The van der Waals surface area contributed by atoms with Crippen molar-refractivity contribution >= 4 is 40.1 Å². The Morgan fingerprint density at radius 3 is 2.60 bits per heavy atom. The second-order valence-electron chi connectivity index (χ2n) is 8.15. The first-order valence-electron chi connectivity index (χ1n) is 11.6. The average molecular weight is 500 g/mol. The highest BCUT2D eigenvalue weighted by Gasteiger charge is 2.39. The van der Waals surface area contributed by atoms with Gasteiger partial charge in [0.2, 0.25) is 11.8 Å². The topological polar surface area (TPSA) is 89.5 Å². The molecule has 0 spiro atoms. The molecule has 1 atom stereocenters. The molecule has 2 aromatic rings. The Kier molecular flexibility index (Phi) is 9.56. The van der Waals surface area contributed by atoms with Gasteiger partial charge < -0.3 is 19.5 Å². The summed E-state index contributed by atoms with van der Waals surface area (Å²) in [7, 11) is 3.09. The number of aliphatic imine (C=N–C) groups is 1. The maximum Gasteiger partial charge on any atom is 0.242 e. The fraction of sp³-hybridized carbons (Fsp3) is 0.423. The van der Waals surface area contributed by atoms with Crippen LogP contribution in [0.5, 0.6) is 11.5 Å². The van der Waals surface area contributed by atoms with E-state index >= 15 is 0 Å². The minimum atomic E-state index is -0.550. The van der Waals surface area contributed by atoms with E-state index in [1.807, 2.05) is 39.0 Å². The maximum atomic E-state index is 13.3. The molecule has 2 aromatic carbocycles. The number of methoxy groups -OCH3 is 2. The average Bonchev–Trinajstić information content (AvgIpc) is 3.12. The van der Waals surface area contributed by atoms with Crippen LogP contribution < -0.4 is 14.8 Å². The predicted octanol–water partition coefficient (Wildman–Crippen LogP) is 4.71. The summed E-state index contributed by atoms with van der Waals surface area (Å²) in [4.78, 5) is 32.6. The zero-order chi connectivity index (χ0) is 25.4. The smallest absolute Gasteiger partial charge is 0.242 e. The molecule has 0 saturated carbocycles. The third kappa shape index (κ3) is 6.99. The number of carbonyl (C=O) groups is 2. The van der Waals surface area contributed by atoms with E-state index in [-0.39, 0.29) is 18.2 Å². The molecule has 0 aliphatic carbocycles. The van der Waals surface area contributed by atoms with E-state index < -0.39 is 5.25 Å². The van der Waals surface area contributed by atoms with Crippen molar-refractivity contribution < 1.29 is 23.8 Å². The molecule has 35 heavy (non-hydrogen) atoms. The third-order valence-electron chi connectivity index (χ3n) is 5.51. The van der Waals surface area contributed by atoms with E-state index in [1.54, 1.807) is 30.2 Å². The van der Waals surface area contributed by atoms with Gasteiger partial charge in [-0.05, 0) is 56.5 Å². The van der Waals surface area contributed by atoms with Crippen LogP contribution in [0.3, 0.4) is 0 Å². The van der Waals surface area contributed by atoms with Crippen molar-refractivity contribution in [3.63, 3.8) is 0 Å². The molecule has 188 valence electrons. The third-order valence-corrected chi connectivity index (χ3v) is 6.69. The molecule has 1 fully saturated rings. The van der Waals surface area contributed by atoms with E-state index in [1.165, 1.54) is 18.9 Å². The summed E-state index contributed by atoms with van der Waals surface area (Å²) in [5, 5.41) is 2.92. The Labute approximate surface area is 211 Å². The Balaban J connectivity index is 1.75. The van der Waals surface area contributed by atoms with Crippen LogP contribution in [0.4, 0.5) is 11.4 Å². The molecule has 1 heterocycles. The molecule has 0 radical (unpaired) electrons. The number of nitrogens with zero attached hydrogens (tertiary/aromatic N) is 2. The predicted molar refractivity (Wildman–Crippen MR) is 140 cm³/mol. The molecule has 9 heteroatoms. The van der Waals surface area contributed by atoms with Gasteiger partial charge in [0.25, 0.3) is 0 Å². The number of rotatable bonds is 11. The number of amides is 2. The number of hydrogen-bond acceptors (Lipinski definition) is 7. The van der Waals surface area contributed by atoms with Gasteiger partial charge in [-0.1, -0.05) is 23.9 Å². The van der Waals surface area contributed by atoms with E-state index in [0.29, 0.717) is 48.5 Å². The van der Waals surface area contributed by atoms with Gasteiger partial charge in [-0.2, -0.15) is 0 Å². The van der Waals surface area contributed by atoms with Crippen LogP contribution in [-0.4, -0.2) is 61.1 Å². The van der Waals surface area contributed by atoms with Crippen molar-refractivity contribution in [2.45, 2.75) is 38.9 Å². The summed E-state index contributed by atoms with van der Waals surface area (Å²) >= 11 is 1.33. The first-order valence-corrected chi connectivity index (χ1v) is 12.5. The van der Waals surface area contributed by atoms with Crippen LogP contribution in [0.15, 0.2) is 41.4 Å². The van der Waals surface area contributed by atoms with Gasteiger partial charge in [0.1, 0.15) is 5.25 Å². The molecular weight excluding hydrogens is 466 g/mol. The van der Waals surface area contributed by atoms with Crippen molar-refractivity contribution in [2.24, 2.45) is 4.99 Å². The SMILES string of the molecule is CCOCCCN1C(=O)C(CC(=O)Nc2ccc(OC)c(OC)c2)SC1=Nc1cc(C)ccc1C. The van der Waals surface area contributed by atoms with Gasteiger partial charge in [-0.3, -0.25) is 14.5 Å². The van der Waals surface area contributed by atoms with Crippen molar-refractivity contribution in [1.82, 2.24) is 4.90 Å². The largest absolute Gasteiger partial charge is 0.493 e. The molecule has 1 unspecified atom stereocenters. The van der Waals surface area contributed by atoms with Crippen LogP contribution in [0.2, 0.25) is 0 Å². The number of aryl methyl sites for hydroxylation is 2. The molecule has 1 saturated heterocycles. The minimum absolute atomic E-state index is 0.0334. The lowest BCUT2D eigenvalue weighted by molar-refractivity contribution is -0.128. The van der Waals surface area contributed by atoms with Crippen LogP contribution in [0, 0.1) is 13.8 Å². The van der Waals surface area contributed by atoms with Crippen molar-refractivity contribution in [2.75, 3.05) is 39.3 Å². The maximum absolute atomic E-state index is 13.3. The summed E-state index contributed by atoms with van der Waals surface area (Å²) in [5.74, 6) is 0.713. The number of anilines is 1. The van der Waals surface area contributed by atoms with Crippen LogP contribution in [0.25, 0.3) is 0 Å². The standard InChI is InChI=1S/C26H33N3O5S/c1-6-34-13-7-12-29-25(31)23(35-26(29)28-20-14-17(2)8-9-18(20)3)16-24(30)27-19-10-11-21(32-4)22(15-19)33-5/h8-11,14-15,23H,6-7,12-13,16H2,1-5H3,(H,27,30). The summed E-state index contributed by atoms with van der Waals surface area (Å²) in [6, 6.07) is 11.2. The summed E-state index contributed by atoms with van der Waals surface area (Å²) in [6.45, 7) is 7.63. The first kappa shape index (κ1) is 26.6. The van der Waals surface area contributed by atoms with E-state index in [0.717, 1.165) is 16.8 Å². The number of hydrogen-bond donors (Lipinski definition) is 1.